The Kier molecular flexibility index (Phi) is 7.01. The number of hydrogen-bond donors (Lipinski definition) is 1. The number of hydrogen-bond acceptors (Lipinski definition) is 4. The van der Waals surface area contributed by atoms with Crippen LogP contribution in [0.4, 0.5) is 0 Å². The fourth-order valence-electron chi connectivity index (χ4n) is 2.36. The summed E-state index contributed by atoms with van der Waals surface area (Å²) in [6.07, 6.45) is 2.34. The molecule has 0 unspecified atom stereocenters. The molecule has 132 valence electrons. The van der Waals surface area contributed by atoms with Crippen molar-refractivity contribution in [2.24, 2.45) is 5.10 Å². The van der Waals surface area contributed by atoms with Gasteiger partial charge in [0.25, 0.3) is 0 Å². The van der Waals surface area contributed by atoms with Crippen LogP contribution >= 0.6 is 0 Å². The molecule has 1 amide bonds. The number of aryl methyl sites for hydroxylation is 2. The van der Waals surface area contributed by atoms with E-state index in [4.69, 9.17) is 9.47 Å². The molecule has 0 aliphatic heterocycles. The Morgan fingerprint density at radius 2 is 1.76 bits per heavy atom. The van der Waals surface area contributed by atoms with Crippen LogP contribution in [0.15, 0.2) is 47.6 Å². The van der Waals surface area contributed by atoms with Crippen molar-refractivity contribution in [3.63, 3.8) is 0 Å². The van der Waals surface area contributed by atoms with Crippen molar-refractivity contribution in [3.05, 3.63) is 59.2 Å². The normalized spacial score (nSPS) is 10.7. The minimum atomic E-state index is -0.210. The lowest BCUT2D eigenvalue weighted by molar-refractivity contribution is -0.118. The van der Waals surface area contributed by atoms with E-state index in [-0.39, 0.29) is 5.91 Å². The molecule has 0 saturated heterocycles. The Morgan fingerprint density at radius 3 is 2.48 bits per heavy atom. The Bertz CT molecular complexity index is 721. The molecular formula is C20H24N2O3. The van der Waals surface area contributed by atoms with Crippen molar-refractivity contribution in [3.8, 4) is 11.5 Å². The quantitative estimate of drug-likeness (QED) is 0.453. The van der Waals surface area contributed by atoms with Gasteiger partial charge in [0.1, 0.15) is 11.5 Å². The van der Waals surface area contributed by atoms with Gasteiger partial charge in [-0.1, -0.05) is 18.2 Å². The predicted octanol–water partition coefficient (Wildman–Crippen LogP) is 3.62. The van der Waals surface area contributed by atoms with E-state index in [1.165, 1.54) is 18.1 Å². The molecule has 0 saturated carbocycles. The van der Waals surface area contributed by atoms with E-state index in [1.54, 1.807) is 6.21 Å². The van der Waals surface area contributed by atoms with Gasteiger partial charge in [0, 0.05) is 18.9 Å². The lowest BCUT2D eigenvalue weighted by Gasteiger charge is -2.10. The molecule has 0 atom stereocenters. The smallest absolute Gasteiger partial charge is 0.236 e. The van der Waals surface area contributed by atoms with Gasteiger partial charge < -0.3 is 9.47 Å². The van der Waals surface area contributed by atoms with Crippen LogP contribution in [0.25, 0.3) is 0 Å². The molecule has 0 bridgehead atoms. The third kappa shape index (κ3) is 6.67. The fraction of sp³-hybridized carbons (Fsp3) is 0.300. The number of nitrogens with one attached hydrogen (secondary N) is 1. The number of hydrazone groups is 1. The van der Waals surface area contributed by atoms with E-state index in [0.717, 1.165) is 23.5 Å². The average molecular weight is 340 g/mol. The predicted molar refractivity (Wildman–Crippen MR) is 99.4 cm³/mol. The van der Waals surface area contributed by atoms with Gasteiger partial charge >= 0.3 is 0 Å². The molecular weight excluding hydrogens is 316 g/mol. The third-order valence-corrected chi connectivity index (χ3v) is 3.35. The molecule has 5 heteroatoms. The van der Waals surface area contributed by atoms with Gasteiger partial charge in [-0.05, 0) is 49.2 Å². The summed E-state index contributed by atoms with van der Waals surface area (Å²) in [5.41, 5.74) is 5.58. The molecule has 2 rings (SSSR count). The van der Waals surface area contributed by atoms with Crippen molar-refractivity contribution in [1.29, 1.82) is 0 Å². The first kappa shape index (κ1) is 18.5. The highest BCUT2D eigenvalue weighted by molar-refractivity contribution is 5.84. The summed E-state index contributed by atoms with van der Waals surface area (Å²) < 4.78 is 11.6. The summed E-state index contributed by atoms with van der Waals surface area (Å²) in [6.45, 7) is 6.65. The maximum Gasteiger partial charge on any atom is 0.236 e. The highest BCUT2D eigenvalue weighted by atomic mass is 16.5. The largest absolute Gasteiger partial charge is 0.493 e. The van der Waals surface area contributed by atoms with Crippen molar-refractivity contribution in [2.45, 2.75) is 27.2 Å². The molecule has 1 N–H and O–H groups in total. The summed E-state index contributed by atoms with van der Waals surface area (Å²) in [7, 11) is 0. The van der Waals surface area contributed by atoms with E-state index < -0.39 is 0 Å². The number of carbonyl (C=O) groups is 1. The van der Waals surface area contributed by atoms with Crippen LogP contribution in [-0.2, 0) is 4.79 Å². The zero-order valence-electron chi connectivity index (χ0n) is 14.9. The van der Waals surface area contributed by atoms with Crippen LogP contribution in [0.2, 0.25) is 0 Å². The number of nitrogens with zero attached hydrogens (tertiary/aromatic N) is 1. The van der Waals surface area contributed by atoms with Crippen LogP contribution in [-0.4, -0.2) is 25.3 Å². The first-order valence-corrected chi connectivity index (χ1v) is 8.27. The molecule has 0 fully saturated rings. The molecule has 5 nitrogen and oxygen atoms in total. The highest BCUT2D eigenvalue weighted by Gasteiger charge is 2.01. The first-order valence-electron chi connectivity index (χ1n) is 8.27. The number of amides is 1. The third-order valence-electron chi connectivity index (χ3n) is 3.35. The zero-order valence-corrected chi connectivity index (χ0v) is 14.9. The summed E-state index contributed by atoms with van der Waals surface area (Å²) in [6, 6.07) is 13.7. The van der Waals surface area contributed by atoms with Gasteiger partial charge in [0.2, 0.25) is 5.91 Å². The Morgan fingerprint density at radius 1 is 1.08 bits per heavy atom. The van der Waals surface area contributed by atoms with Crippen LogP contribution < -0.4 is 14.9 Å². The highest BCUT2D eigenvalue weighted by Crippen LogP contribution is 2.17. The zero-order chi connectivity index (χ0) is 18.1. The van der Waals surface area contributed by atoms with Crippen LogP contribution in [0.3, 0.4) is 0 Å². The second-order valence-corrected chi connectivity index (χ2v) is 5.84. The van der Waals surface area contributed by atoms with Gasteiger partial charge in [-0.3, -0.25) is 4.79 Å². The monoisotopic (exact) mass is 340 g/mol. The molecule has 2 aromatic rings. The summed E-state index contributed by atoms with van der Waals surface area (Å²) in [5.74, 6) is 1.40. The standard InChI is InChI=1S/C20H24N2O3/c1-15-11-16(2)13-19(12-15)24-9-6-10-25-20-8-5-4-7-18(20)14-21-22-17(3)23/h4-5,7-8,11-14H,6,9-10H2,1-3H3,(H,22,23)/b21-14+. The van der Waals surface area contributed by atoms with E-state index in [1.807, 2.05) is 36.4 Å². The van der Waals surface area contributed by atoms with Gasteiger partial charge in [0.15, 0.2) is 0 Å². The number of benzene rings is 2. The summed E-state index contributed by atoms with van der Waals surface area (Å²) in [5, 5.41) is 3.87. The maximum absolute atomic E-state index is 10.9. The second-order valence-electron chi connectivity index (χ2n) is 5.84. The molecule has 0 aliphatic rings. The number of rotatable bonds is 8. The van der Waals surface area contributed by atoms with Gasteiger partial charge in [-0.25, -0.2) is 5.43 Å². The molecule has 0 spiro atoms. The molecule has 25 heavy (non-hydrogen) atoms. The van der Waals surface area contributed by atoms with Gasteiger partial charge in [-0.2, -0.15) is 5.10 Å². The van der Waals surface area contributed by atoms with Crippen LogP contribution in [0.5, 0.6) is 11.5 Å². The first-order chi connectivity index (χ1) is 12.0. The second kappa shape index (κ2) is 9.47. The minimum Gasteiger partial charge on any atom is -0.493 e. The van der Waals surface area contributed by atoms with Crippen molar-refractivity contribution in [1.82, 2.24) is 5.43 Å². The Labute approximate surface area is 148 Å². The van der Waals surface area contributed by atoms with Crippen molar-refractivity contribution < 1.29 is 14.3 Å². The minimum absolute atomic E-state index is 0.210. The molecule has 0 heterocycles. The van der Waals surface area contributed by atoms with Crippen LogP contribution in [0, 0.1) is 13.8 Å². The topological polar surface area (TPSA) is 59.9 Å². The lowest BCUT2D eigenvalue weighted by Crippen LogP contribution is -2.12. The van der Waals surface area contributed by atoms with Crippen LogP contribution in [0.1, 0.15) is 30.0 Å². The van der Waals surface area contributed by atoms with Crippen molar-refractivity contribution in [2.75, 3.05) is 13.2 Å². The molecule has 0 aliphatic carbocycles. The van der Waals surface area contributed by atoms with E-state index in [0.29, 0.717) is 13.2 Å². The van der Waals surface area contributed by atoms with Gasteiger partial charge in [-0.15, -0.1) is 0 Å². The Balaban J connectivity index is 1.79. The molecule has 2 aromatic carbocycles. The molecule has 0 aromatic heterocycles. The van der Waals surface area contributed by atoms with Gasteiger partial charge in [0.05, 0.1) is 19.4 Å². The maximum atomic E-state index is 10.9. The Hall–Kier alpha value is -2.82. The van der Waals surface area contributed by atoms with E-state index in [9.17, 15) is 4.79 Å². The average Bonchev–Trinajstić information content (AvgIpc) is 2.54. The van der Waals surface area contributed by atoms with E-state index in [2.05, 4.69) is 30.4 Å². The number of ether oxygens (including phenoxy) is 2. The lowest BCUT2D eigenvalue weighted by atomic mass is 10.1. The fourth-order valence-corrected chi connectivity index (χ4v) is 2.36. The summed E-state index contributed by atoms with van der Waals surface area (Å²) in [4.78, 5) is 10.9. The van der Waals surface area contributed by atoms with E-state index >= 15 is 0 Å². The SMILES string of the molecule is CC(=O)N/N=C/c1ccccc1OCCCOc1cc(C)cc(C)c1. The number of carbonyl (C=O) groups excluding carboxylic acids is 1. The molecule has 0 radical (unpaired) electrons. The van der Waals surface area contributed by atoms with Crippen molar-refractivity contribution >= 4 is 12.1 Å². The number of para-hydroxylation sites is 1. The summed E-state index contributed by atoms with van der Waals surface area (Å²) >= 11 is 0.